The Labute approximate surface area is 259 Å². The van der Waals surface area contributed by atoms with Crippen molar-refractivity contribution < 1.29 is 19.4 Å². The highest BCUT2D eigenvalue weighted by Crippen LogP contribution is 2.34. The number of rotatable bonds is 15. The van der Waals surface area contributed by atoms with Crippen LogP contribution in [0.3, 0.4) is 0 Å². The van der Waals surface area contributed by atoms with E-state index in [1.807, 2.05) is 17.7 Å². The van der Waals surface area contributed by atoms with Crippen molar-refractivity contribution in [2.75, 3.05) is 6.61 Å². The first-order chi connectivity index (χ1) is 20.6. The van der Waals surface area contributed by atoms with Crippen LogP contribution in [0.25, 0.3) is 11.4 Å². The van der Waals surface area contributed by atoms with Crippen LogP contribution >= 0.6 is 11.8 Å². The van der Waals surface area contributed by atoms with Gasteiger partial charge in [0.1, 0.15) is 18.1 Å². The zero-order valence-electron chi connectivity index (χ0n) is 25.9. The van der Waals surface area contributed by atoms with E-state index in [1.54, 1.807) is 36.0 Å². The van der Waals surface area contributed by atoms with E-state index in [-0.39, 0.29) is 11.8 Å². The minimum Gasteiger partial charge on any atom is -0.493 e. The lowest BCUT2D eigenvalue weighted by molar-refractivity contribution is -0.136. The summed E-state index contributed by atoms with van der Waals surface area (Å²) in [5.74, 6) is 1.45. The number of benzene rings is 3. The summed E-state index contributed by atoms with van der Waals surface area (Å²) in [4.78, 5) is 12.0. The zero-order valence-corrected chi connectivity index (χ0v) is 26.7. The molecule has 8 heteroatoms. The van der Waals surface area contributed by atoms with Gasteiger partial charge < -0.3 is 19.1 Å². The number of unbranched alkanes of at least 4 members (excludes halogenated alkanes) is 4. The third kappa shape index (κ3) is 9.35. The molecule has 0 spiro atoms. The summed E-state index contributed by atoms with van der Waals surface area (Å²) in [5.41, 5.74) is 4.10. The second kappa shape index (κ2) is 15.1. The highest BCUT2D eigenvalue weighted by molar-refractivity contribution is 7.99. The molecule has 1 heterocycles. The molecule has 0 aliphatic rings. The van der Waals surface area contributed by atoms with Gasteiger partial charge in [-0.05, 0) is 59.0 Å². The van der Waals surface area contributed by atoms with Gasteiger partial charge in [0.25, 0.3) is 0 Å². The summed E-state index contributed by atoms with van der Waals surface area (Å²) < 4.78 is 14.4. The van der Waals surface area contributed by atoms with Crippen LogP contribution in [-0.4, -0.2) is 32.4 Å². The monoisotopic (exact) mass is 601 g/mol. The van der Waals surface area contributed by atoms with Crippen molar-refractivity contribution in [3.8, 4) is 22.9 Å². The number of aromatic nitrogens is 3. The first kappa shape index (κ1) is 32.1. The lowest BCUT2D eigenvalue weighted by Crippen LogP contribution is -2.10. The maximum atomic E-state index is 11.0. The lowest BCUT2D eigenvalue weighted by atomic mass is 9.87. The Morgan fingerprint density at radius 2 is 1.63 bits per heavy atom. The van der Waals surface area contributed by atoms with Gasteiger partial charge in [-0.3, -0.25) is 4.79 Å². The predicted molar refractivity (Wildman–Crippen MR) is 172 cm³/mol. The quantitative estimate of drug-likeness (QED) is 0.137. The van der Waals surface area contributed by atoms with Crippen LogP contribution in [0.5, 0.6) is 11.5 Å². The Bertz CT molecular complexity index is 1470. The molecule has 0 fully saturated rings. The van der Waals surface area contributed by atoms with Crippen LogP contribution < -0.4 is 9.47 Å². The fraction of sp³-hybridized carbons (Fsp3) is 0.400. The minimum atomic E-state index is -0.851. The standard InChI is InChI=1S/C35H43N3O4S/c1-6-7-8-9-10-21-41-31-23-30(20-15-27(31)24-42-29-18-11-25(12-19-29)22-32(39)40)43-34-37-36-33(38(34)5)26-13-16-28(17-14-26)35(2,3)4/h11-20,23H,6-10,21-22,24H2,1-5H3,(H,39,40). The fourth-order valence-electron chi connectivity index (χ4n) is 4.66. The van der Waals surface area contributed by atoms with Crippen molar-refractivity contribution in [2.24, 2.45) is 7.05 Å². The van der Waals surface area contributed by atoms with Crippen LogP contribution in [-0.2, 0) is 30.3 Å². The van der Waals surface area contributed by atoms with Gasteiger partial charge >= 0.3 is 5.97 Å². The molecule has 4 aromatic rings. The number of hydrogen-bond donors (Lipinski definition) is 1. The SMILES string of the molecule is CCCCCCCOc1cc(Sc2nnc(-c3ccc(C(C)(C)C)cc3)n2C)ccc1COc1ccc(CC(=O)O)cc1. The van der Waals surface area contributed by atoms with E-state index >= 15 is 0 Å². The molecule has 0 bridgehead atoms. The normalized spacial score (nSPS) is 11.5. The Kier molecular flexibility index (Phi) is 11.3. The molecule has 0 atom stereocenters. The number of carboxylic acid groups (broad SMARTS) is 1. The molecule has 1 aromatic heterocycles. The molecular formula is C35H43N3O4S. The van der Waals surface area contributed by atoms with Crippen molar-refractivity contribution in [3.05, 3.63) is 83.4 Å². The molecular weight excluding hydrogens is 558 g/mol. The summed E-state index contributed by atoms with van der Waals surface area (Å²) in [5, 5.41) is 18.8. The Hall–Kier alpha value is -3.78. The number of aliphatic carboxylic acids is 1. The summed E-state index contributed by atoms with van der Waals surface area (Å²) in [6.07, 6.45) is 5.82. The maximum absolute atomic E-state index is 11.0. The van der Waals surface area contributed by atoms with E-state index in [9.17, 15) is 4.79 Å². The molecule has 0 saturated heterocycles. The Morgan fingerprint density at radius 1 is 0.907 bits per heavy atom. The van der Waals surface area contributed by atoms with Crippen LogP contribution in [0.2, 0.25) is 0 Å². The third-order valence-corrected chi connectivity index (χ3v) is 8.30. The highest BCUT2D eigenvalue weighted by atomic mass is 32.2. The average Bonchev–Trinajstić information content (AvgIpc) is 3.34. The van der Waals surface area contributed by atoms with Crippen LogP contribution in [0, 0.1) is 0 Å². The molecule has 4 rings (SSSR count). The predicted octanol–water partition coefficient (Wildman–Crippen LogP) is 8.49. The van der Waals surface area contributed by atoms with Crippen LogP contribution in [0.15, 0.2) is 76.8 Å². The molecule has 0 radical (unpaired) electrons. The van der Waals surface area contributed by atoms with E-state index in [2.05, 4.69) is 74.3 Å². The van der Waals surface area contributed by atoms with Gasteiger partial charge in [-0.2, -0.15) is 0 Å². The molecule has 0 aliphatic heterocycles. The molecule has 0 amide bonds. The number of hydrogen-bond acceptors (Lipinski definition) is 6. The zero-order chi connectivity index (χ0) is 30.8. The topological polar surface area (TPSA) is 86.5 Å². The summed E-state index contributed by atoms with van der Waals surface area (Å²) in [6.45, 7) is 9.83. The van der Waals surface area contributed by atoms with Crippen molar-refractivity contribution in [1.82, 2.24) is 14.8 Å². The lowest BCUT2D eigenvalue weighted by Gasteiger charge is -2.19. The Morgan fingerprint density at radius 3 is 2.30 bits per heavy atom. The summed E-state index contributed by atoms with van der Waals surface area (Å²) in [7, 11) is 1.99. The molecule has 228 valence electrons. The molecule has 0 aliphatic carbocycles. The molecule has 0 saturated carbocycles. The van der Waals surface area contributed by atoms with Gasteiger partial charge in [-0.15, -0.1) is 10.2 Å². The largest absolute Gasteiger partial charge is 0.493 e. The van der Waals surface area contributed by atoms with Crippen molar-refractivity contribution >= 4 is 17.7 Å². The third-order valence-electron chi connectivity index (χ3n) is 7.27. The Balaban J connectivity index is 1.47. The fourth-order valence-corrected chi connectivity index (χ4v) is 5.48. The number of nitrogens with zero attached hydrogens (tertiary/aromatic N) is 3. The minimum absolute atomic E-state index is 0.00779. The summed E-state index contributed by atoms with van der Waals surface area (Å²) >= 11 is 1.55. The van der Waals surface area contributed by atoms with Crippen LogP contribution in [0.1, 0.15) is 76.5 Å². The number of carbonyl (C=O) groups is 1. The van der Waals surface area contributed by atoms with Gasteiger partial charge in [0, 0.05) is 23.1 Å². The molecule has 7 nitrogen and oxygen atoms in total. The van der Waals surface area contributed by atoms with Gasteiger partial charge in [0.2, 0.25) is 0 Å². The second-order valence-corrected chi connectivity index (χ2v) is 12.9. The van der Waals surface area contributed by atoms with Crippen molar-refractivity contribution in [3.63, 3.8) is 0 Å². The van der Waals surface area contributed by atoms with E-state index in [0.29, 0.717) is 19.0 Å². The average molecular weight is 602 g/mol. The van der Waals surface area contributed by atoms with E-state index < -0.39 is 5.97 Å². The van der Waals surface area contributed by atoms with Gasteiger partial charge in [-0.1, -0.05) is 95.8 Å². The smallest absolute Gasteiger partial charge is 0.307 e. The van der Waals surface area contributed by atoms with Crippen molar-refractivity contribution in [1.29, 1.82) is 0 Å². The first-order valence-electron chi connectivity index (χ1n) is 15.0. The maximum Gasteiger partial charge on any atom is 0.307 e. The van der Waals surface area contributed by atoms with Crippen molar-refractivity contribution in [2.45, 2.75) is 88.3 Å². The van der Waals surface area contributed by atoms with E-state index in [1.165, 1.54) is 24.8 Å². The first-order valence-corrected chi connectivity index (χ1v) is 15.8. The molecule has 3 aromatic carbocycles. The summed E-state index contributed by atoms with van der Waals surface area (Å²) in [6, 6.07) is 21.9. The second-order valence-electron chi connectivity index (χ2n) is 11.8. The number of carboxylic acids is 1. The van der Waals surface area contributed by atoms with Crippen LogP contribution in [0.4, 0.5) is 0 Å². The molecule has 43 heavy (non-hydrogen) atoms. The van der Waals surface area contributed by atoms with Gasteiger partial charge in [0.15, 0.2) is 11.0 Å². The highest BCUT2D eigenvalue weighted by Gasteiger charge is 2.17. The van der Waals surface area contributed by atoms with E-state index in [4.69, 9.17) is 14.6 Å². The van der Waals surface area contributed by atoms with Gasteiger partial charge in [-0.25, -0.2) is 0 Å². The number of ether oxygens (including phenoxy) is 2. The van der Waals surface area contributed by atoms with Gasteiger partial charge in [0.05, 0.1) is 13.0 Å². The van der Waals surface area contributed by atoms with E-state index in [0.717, 1.165) is 51.2 Å². The molecule has 0 unspecified atom stereocenters. The molecule has 1 N–H and O–H groups in total.